The Balaban J connectivity index is 0.000000173. The van der Waals surface area contributed by atoms with E-state index in [1.807, 2.05) is 24.3 Å². The summed E-state index contributed by atoms with van der Waals surface area (Å²) in [4.78, 5) is 27.7. The van der Waals surface area contributed by atoms with Gasteiger partial charge in [0.2, 0.25) is 5.89 Å². The van der Waals surface area contributed by atoms with Crippen molar-refractivity contribution in [2.75, 3.05) is 20.8 Å². The number of nitrogens with zero attached hydrogens (tertiary/aromatic N) is 1. The van der Waals surface area contributed by atoms with E-state index >= 15 is 0 Å². The van der Waals surface area contributed by atoms with Crippen molar-refractivity contribution in [2.24, 2.45) is 0 Å². The maximum absolute atomic E-state index is 11.9. The zero-order valence-corrected chi connectivity index (χ0v) is 20.2. The smallest absolute Gasteiger partial charge is 0.254 e. The Labute approximate surface area is 212 Å². The lowest BCUT2D eigenvalue weighted by molar-refractivity contribution is 0.0903. The number of hydrogen-bond donors (Lipinski definition) is 1. The molecule has 0 saturated carbocycles. The average Bonchev–Trinajstić information content (AvgIpc) is 3.74. The van der Waals surface area contributed by atoms with Gasteiger partial charge in [-0.25, -0.2) is 4.98 Å². The number of ether oxygens (including phenoxy) is 2. The van der Waals surface area contributed by atoms with Crippen LogP contribution >= 0.6 is 0 Å². The molecule has 2 aromatic carbocycles. The first kappa shape index (κ1) is 25.1. The molecule has 3 heterocycles. The number of Topliss-reactive ketones (excluding diaryl/α,β-unsaturated/α-hetero) is 1. The fraction of sp³-hybridized carbons (Fsp3) is 0.107. The standard InChI is InChI=1S/C14H13NO4.C14H11NO3/c1-18-12-4-2-3-10(7-12)13(16)8-15-14(17)11-5-6-19-9-11;1-16-12-4-2-3-10(7-12)13-8-15-14(18-13)11-5-6-17-9-11/h2-7,9H,8H2,1H3,(H,15,17);2-9H,1H3. The van der Waals surface area contributed by atoms with Gasteiger partial charge in [0.1, 0.15) is 24.0 Å². The summed E-state index contributed by atoms with van der Waals surface area (Å²) in [5, 5.41) is 2.53. The normalized spacial score (nSPS) is 10.2. The number of amides is 1. The van der Waals surface area contributed by atoms with Gasteiger partial charge >= 0.3 is 0 Å². The average molecular weight is 501 g/mol. The van der Waals surface area contributed by atoms with E-state index in [4.69, 9.17) is 22.7 Å². The third kappa shape index (κ3) is 6.55. The van der Waals surface area contributed by atoms with Crippen LogP contribution in [-0.4, -0.2) is 37.4 Å². The van der Waals surface area contributed by atoms with Crippen LogP contribution in [0.2, 0.25) is 0 Å². The van der Waals surface area contributed by atoms with Gasteiger partial charge in [-0.05, 0) is 36.4 Å². The highest BCUT2D eigenvalue weighted by molar-refractivity contribution is 6.02. The Bertz CT molecular complexity index is 1440. The fourth-order valence-electron chi connectivity index (χ4n) is 3.26. The molecule has 1 amide bonds. The van der Waals surface area contributed by atoms with Crippen LogP contribution in [0.25, 0.3) is 22.8 Å². The lowest BCUT2D eigenvalue weighted by Gasteiger charge is -2.05. The molecular formula is C28H24N2O7. The third-order valence-electron chi connectivity index (χ3n) is 5.21. The lowest BCUT2D eigenvalue weighted by atomic mass is 10.1. The molecule has 0 atom stereocenters. The van der Waals surface area contributed by atoms with E-state index in [1.165, 1.54) is 25.7 Å². The highest BCUT2D eigenvalue weighted by Gasteiger charge is 2.12. The summed E-state index contributed by atoms with van der Waals surface area (Å²) in [6.45, 7) is -0.0722. The van der Waals surface area contributed by atoms with Gasteiger partial charge in [0.15, 0.2) is 11.5 Å². The summed E-state index contributed by atoms with van der Waals surface area (Å²) in [6.07, 6.45) is 7.60. The Morgan fingerprint density at radius 3 is 2.27 bits per heavy atom. The first-order chi connectivity index (χ1) is 18.1. The summed E-state index contributed by atoms with van der Waals surface area (Å²) in [7, 11) is 3.17. The van der Waals surface area contributed by atoms with E-state index in [2.05, 4.69) is 10.3 Å². The summed E-state index contributed by atoms with van der Waals surface area (Å²) in [5.41, 5.74) is 2.63. The summed E-state index contributed by atoms with van der Waals surface area (Å²) >= 11 is 0. The molecule has 0 saturated heterocycles. The lowest BCUT2D eigenvalue weighted by Crippen LogP contribution is -2.29. The van der Waals surface area contributed by atoms with Gasteiger partial charge in [-0.15, -0.1) is 0 Å². The van der Waals surface area contributed by atoms with Crippen LogP contribution in [0.1, 0.15) is 20.7 Å². The molecule has 0 aliphatic heterocycles. The second-order valence-corrected chi connectivity index (χ2v) is 7.62. The van der Waals surface area contributed by atoms with Crippen molar-refractivity contribution in [1.82, 2.24) is 10.3 Å². The van der Waals surface area contributed by atoms with Crippen molar-refractivity contribution in [3.05, 3.63) is 103 Å². The molecule has 1 N–H and O–H groups in total. The number of ketones is 1. The van der Waals surface area contributed by atoms with Gasteiger partial charge in [-0.2, -0.15) is 0 Å². The maximum atomic E-state index is 11.9. The SMILES string of the molecule is COc1cccc(-c2cnc(-c3ccoc3)o2)c1.COc1cccc(C(=O)CNC(=O)c2ccoc2)c1. The number of hydrogen-bond acceptors (Lipinski definition) is 8. The summed E-state index contributed by atoms with van der Waals surface area (Å²) in [5.74, 6) is 2.10. The van der Waals surface area contributed by atoms with Crippen molar-refractivity contribution in [3.8, 4) is 34.3 Å². The molecule has 0 spiro atoms. The number of benzene rings is 2. The second kappa shape index (κ2) is 12.1. The van der Waals surface area contributed by atoms with Crippen molar-refractivity contribution in [1.29, 1.82) is 0 Å². The number of oxazole rings is 1. The third-order valence-corrected chi connectivity index (χ3v) is 5.21. The van der Waals surface area contributed by atoms with Gasteiger partial charge in [0, 0.05) is 11.1 Å². The van der Waals surface area contributed by atoms with Gasteiger partial charge in [0.05, 0.1) is 50.6 Å². The van der Waals surface area contributed by atoms with Crippen molar-refractivity contribution in [2.45, 2.75) is 0 Å². The van der Waals surface area contributed by atoms with Crippen LogP contribution in [0.5, 0.6) is 11.5 Å². The van der Waals surface area contributed by atoms with Crippen LogP contribution in [0.15, 0.2) is 105 Å². The molecule has 0 aliphatic rings. The monoisotopic (exact) mass is 500 g/mol. The Hall–Kier alpha value is -5.05. The van der Waals surface area contributed by atoms with E-state index in [0.29, 0.717) is 28.5 Å². The number of aromatic nitrogens is 1. The van der Waals surface area contributed by atoms with Crippen molar-refractivity contribution >= 4 is 11.7 Å². The second-order valence-electron chi connectivity index (χ2n) is 7.62. The predicted octanol–water partition coefficient (Wildman–Crippen LogP) is 5.51. The molecule has 0 radical (unpaired) electrons. The topological polar surface area (TPSA) is 117 Å². The van der Waals surface area contributed by atoms with Gasteiger partial charge in [-0.1, -0.05) is 24.3 Å². The number of furan rings is 2. The number of nitrogens with one attached hydrogen (secondary N) is 1. The maximum Gasteiger partial charge on any atom is 0.254 e. The molecule has 5 aromatic rings. The fourth-order valence-corrected chi connectivity index (χ4v) is 3.26. The zero-order valence-electron chi connectivity index (χ0n) is 20.2. The molecule has 0 aliphatic carbocycles. The van der Waals surface area contributed by atoms with Gasteiger partial charge in [0.25, 0.3) is 5.91 Å². The van der Waals surface area contributed by atoms with E-state index in [1.54, 1.807) is 56.2 Å². The first-order valence-corrected chi connectivity index (χ1v) is 11.2. The molecule has 3 aromatic heterocycles. The molecule has 188 valence electrons. The van der Waals surface area contributed by atoms with Gasteiger partial charge < -0.3 is 28.0 Å². The van der Waals surface area contributed by atoms with Crippen LogP contribution in [0.3, 0.4) is 0 Å². The highest BCUT2D eigenvalue weighted by Crippen LogP contribution is 2.28. The highest BCUT2D eigenvalue weighted by atomic mass is 16.5. The molecule has 9 nitrogen and oxygen atoms in total. The van der Waals surface area contributed by atoms with E-state index in [0.717, 1.165) is 16.9 Å². The molecule has 37 heavy (non-hydrogen) atoms. The first-order valence-electron chi connectivity index (χ1n) is 11.2. The zero-order chi connectivity index (χ0) is 26.0. The minimum absolute atomic E-state index is 0.0722. The van der Waals surface area contributed by atoms with Crippen molar-refractivity contribution < 1.29 is 32.3 Å². The number of carbonyl (C=O) groups is 2. The number of carbonyl (C=O) groups excluding carboxylic acids is 2. The minimum Gasteiger partial charge on any atom is -0.497 e. The number of rotatable bonds is 8. The van der Waals surface area contributed by atoms with Crippen LogP contribution < -0.4 is 14.8 Å². The summed E-state index contributed by atoms with van der Waals surface area (Å²) in [6, 6.07) is 17.8. The molecule has 5 rings (SSSR count). The van der Waals surface area contributed by atoms with E-state index < -0.39 is 0 Å². The van der Waals surface area contributed by atoms with Crippen LogP contribution in [0, 0.1) is 0 Å². The Morgan fingerprint density at radius 1 is 0.838 bits per heavy atom. The largest absolute Gasteiger partial charge is 0.497 e. The Morgan fingerprint density at radius 2 is 1.57 bits per heavy atom. The van der Waals surface area contributed by atoms with E-state index in [9.17, 15) is 9.59 Å². The summed E-state index contributed by atoms with van der Waals surface area (Å²) < 4.78 is 25.7. The van der Waals surface area contributed by atoms with Crippen LogP contribution in [-0.2, 0) is 0 Å². The minimum atomic E-state index is -0.343. The molecule has 9 heteroatoms. The number of methoxy groups -OCH3 is 2. The van der Waals surface area contributed by atoms with E-state index in [-0.39, 0.29) is 18.2 Å². The molecule has 0 fully saturated rings. The van der Waals surface area contributed by atoms with Gasteiger partial charge in [-0.3, -0.25) is 9.59 Å². The molecule has 0 bridgehead atoms. The predicted molar refractivity (Wildman–Crippen MR) is 135 cm³/mol. The van der Waals surface area contributed by atoms with Crippen molar-refractivity contribution in [3.63, 3.8) is 0 Å². The van der Waals surface area contributed by atoms with Crippen LogP contribution in [0.4, 0.5) is 0 Å². The Kier molecular flexibility index (Phi) is 8.18. The quantitative estimate of drug-likeness (QED) is 0.277. The molecule has 0 unspecified atom stereocenters. The molecular weight excluding hydrogens is 476 g/mol.